The summed E-state index contributed by atoms with van der Waals surface area (Å²) in [4.78, 5) is 29.4. The van der Waals surface area contributed by atoms with E-state index >= 15 is 0 Å². The Morgan fingerprint density at radius 1 is 1.39 bits per heavy atom. The number of benzene rings is 1. The second-order valence-electron chi connectivity index (χ2n) is 5.96. The molecule has 0 saturated carbocycles. The molecule has 1 aliphatic rings. The Bertz CT molecular complexity index is 563. The first-order valence-electron chi connectivity index (χ1n) is 7.81. The average Bonchev–Trinajstić information content (AvgIpc) is 2.53. The molecule has 0 unspecified atom stereocenters. The molecule has 0 atom stereocenters. The molecular weight excluding hydrogens is 312 g/mol. The number of hydrogen-bond acceptors (Lipinski definition) is 4. The van der Waals surface area contributed by atoms with Gasteiger partial charge in [0.1, 0.15) is 6.54 Å². The van der Waals surface area contributed by atoms with Gasteiger partial charge in [-0.05, 0) is 18.1 Å². The van der Waals surface area contributed by atoms with Crippen LogP contribution in [-0.4, -0.2) is 55.8 Å². The number of amides is 2. The molecule has 0 saturated heterocycles. The molecule has 126 valence electrons. The smallest absolute Gasteiger partial charge is 0.242 e. The molecular formula is C17H24N2O3S. The lowest BCUT2D eigenvalue weighted by molar-refractivity contribution is -0.132. The van der Waals surface area contributed by atoms with Gasteiger partial charge < -0.3 is 14.5 Å². The molecule has 23 heavy (non-hydrogen) atoms. The number of nitrogens with zero attached hydrogens (tertiary/aromatic N) is 2. The first-order valence-corrected chi connectivity index (χ1v) is 8.80. The molecule has 1 aromatic rings. The van der Waals surface area contributed by atoms with E-state index in [-0.39, 0.29) is 18.4 Å². The number of fused-ring (bicyclic) bond motifs is 1. The van der Waals surface area contributed by atoms with Gasteiger partial charge in [0.25, 0.3) is 0 Å². The summed E-state index contributed by atoms with van der Waals surface area (Å²) in [5.74, 6) is 0.701. The maximum atomic E-state index is 12.7. The van der Waals surface area contributed by atoms with Crippen LogP contribution in [0.3, 0.4) is 0 Å². The predicted molar refractivity (Wildman–Crippen MR) is 92.8 cm³/mol. The Balaban J connectivity index is 2.12. The van der Waals surface area contributed by atoms with Crippen LogP contribution in [0.25, 0.3) is 0 Å². The topological polar surface area (TPSA) is 49.9 Å². The van der Waals surface area contributed by atoms with Gasteiger partial charge in [0.15, 0.2) is 0 Å². The summed E-state index contributed by atoms with van der Waals surface area (Å²) in [7, 11) is 1.62. The highest BCUT2D eigenvalue weighted by molar-refractivity contribution is 8.00. The zero-order valence-electron chi connectivity index (χ0n) is 13.9. The molecule has 2 rings (SSSR count). The molecule has 0 aromatic heterocycles. The summed E-state index contributed by atoms with van der Waals surface area (Å²) < 4.78 is 5.09. The van der Waals surface area contributed by atoms with Crippen molar-refractivity contribution >= 4 is 29.3 Å². The third kappa shape index (κ3) is 4.72. The predicted octanol–water partition coefficient (Wildman–Crippen LogP) is 2.26. The Hall–Kier alpha value is -1.53. The van der Waals surface area contributed by atoms with E-state index in [2.05, 4.69) is 13.8 Å². The summed E-state index contributed by atoms with van der Waals surface area (Å²) in [5, 5.41) is 0. The molecule has 0 N–H and O–H groups in total. The minimum atomic E-state index is -0.0363. The number of methoxy groups -OCH3 is 1. The van der Waals surface area contributed by atoms with Crippen LogP contribution in [-0.2, 0) is 14.3 Å². The van der Waals surface area contributed by atoms with Gasteiger partial charge in [0, 0.05) is 25.1 Å². The lowest BCUT2D eigenvalue weighted by Crippen LogP contribution is -2.46. The summed E-state index contributed by atoms with van der Waals surface area (Å²) in [5.41, 5.74) is 0.832. The Morgan fingerprint density at radius 2 is 2.13 bits per heavy atom. The molecule has 0 bridgehead atoms. The SMILES string of the molecule is COCCN(CC(C)C)C(=O)CN1C(=O)CSc2ccccc21. The van der Waals surface area contributed by atoms with Crippen molar-refractivity contribution in [2.45, 2.75) is 18.7 Å². The van der Waals surface area contributed by atoms with E-state index in [1.54, 1.807) is 16.9 Å². The van der Waals surface area contributed by atoms with Crippen LogP contribution in [0.2, 0.25) is 0 Å². The van der Waals surface area contributed by atoms with Crippen LogP contribution in [0.5, 0.6) is 0 Å². The fraction of sp³-hybridized carbons (Fsp3) is 0.529. The lowest BCUT2D eigenvalue weighted by Gasteiger charge is -2.31. The molecule has 5 nitrogen and oxygen atoms in total. The van der Waals surface area contributed by atoms with E-state index in [0.717, 1.165) is 10.6 Å². The minimum absolute atomic E-state index is 0.0155. The molecule has 0 fully saturated rings. The van der Waals surface area contributed by atoms with Crippen LogP contribution in [0.1, 0.15) is 13.8 Å². The first-order chi connectivity index (χ1) is 11.0. The third-order valence-electron chi connectivity index (χ3n) is 3.61. The van der Waals surface area contributed by atoms with Crippen molar-refractivity contribution in [1.82, 2.24) is 4.90 Å². The number of carbonyl (C=O) groups excluding carboxylic acids is 2. The van der Waals surface area contributed by atoms with Gasteiger partial charge in [0.05, 0.1) is 18.0 Å². The zero-order chi connectivity index (χ0) is 16.8. The van der Waals surface area contributed by atoms with Crippen molar-refractivity contribution in [3.8, 4) is 0 Å². The van der Waals surface area contributed by atoms with Gasteiger partial charge >= 0.3 is 0 Å². The number of anilines is 1. The van der Waals surface area contributed by atoms with E-state index < -0.39 is 0 Å². The number of ether oxygens (including phenoxy) is 1. The average molecular weight is 336 g/mol. The van der Waals surface area contributed by atoms with Crippen molar-refractivity contribution in [3.05, 3.63) is 24.3 Å². The number of carbonyl (C=O) groups is 2. The molecule has 0 radical (unpaired) electrons. The van der Waals surface area contributed by atoms with Crippen molar-refractivity contribution in [2.24, 2.45) is 5.92 Å². The minimum Gasteiger partial charge on any atom is -0.383 e. The van der Waals surface area contributed by atoms with E-state index in [1.165, 1.54) is 11.8 Å². The van der Waals surface area contributed by atoms with Crippen LogP contribution in [0, 0.1) is 5.92 Å². The second-order valence-corrected chi connectivity index (χ2v) is 6.98. The van der Waals surface area contributed by atoms with E-state index in [0.29, 0.717) is 31.4 Å². The van der Waals surface area contributed by atoms with Crippen LogP contribution in [0.15, 0.2) is 29.2 Å². The van der Waals surface area contributed by atoms with E-state index in [9.17, 15) is 9.59 Å². The van der Waals surface area contributed by atoms with Gasteiger partial charge in [-0.15, -0.1) is 11.8 Å². The van der Waals surface area contributed by atoms with Crippen molar-refractivity contribution in [2.75, 3.05) is 44.0 Å². The lowest BCUT2D eigenvalue weighted by atomic mass is 10.2. The van der Waals surface area contributed by atoms with E-state index in [1.807, 2.05) is 24.3 Å². The normalized spacial score (nSPS) is 14.1. The van der Waals surface area contributed by atoms with Gasteiger partial charge in [0.2, 0.25) is 11.8 Å². The Morgan fingerprint density at radius 3 is 2.83 bits per heavy atom. The first kappa shape index (κ1) is 17.8. The standard InChI is InChI=1S/C17H24N2O3S/c1-13(2)10-18(8-9-22-3)16(20)11-19-14-6-4-5-7-15(14)23-12-17(19)21/h4-7,13H,8-12H2,1-3H3. The van der Waals surface area contributed by atoms with Crippen LogP contribution >= 0.6 is 11.8 Å². The fourth-order valence-electron chi connectivity index (χ4n) is 2.52. The quantitative estimate of drug-likeness (QED) is 0.766. The molecule has 6 heteroatoms. The largest absolute Gasteiger partial charge is 0.383 e. The van der Waals surface area contributed by atoms with Gasteiger partial charge in [-0.25, -0.2) is 0 Å². The molecule has 2 amide bonds. The van der Waals surface area contributed by atoms with Crippen molar-refractivity contribution in [3.63, 3.8) is 0 Å². The fourth-order valence-corrected chi connectivity index (χ4v) is 3.46. The number of rotatable bonds is 7. The molecule has 1 heterocycles. The zero-order valence-corrected chi connectivity index (χ0v) is 14.8. The highest BCUT2D eigenvalue weighted by Gasteiger charge is 2.28. The van der Waals surface area contributed by atoms with Crippen molar-refractivity contribution < 1.29 is 14.3 Å². The highest BCUT2D eigenvalue weighted by atomic mass is 32.2. The molecule has 1 aliphatic heterocycles. The highest BCUT2D eigenvalue weighted by Crippen LogP contribution is 2.34. The Labute approximate surface area is 142 Å². The monoisotopic (exact) mass is 336 g/mol. The Kier molecular flexibility index (Phi) is 6.47. The van der Waals surface area contributed by atoms with Crippen LogP contribution in [0.4, 0.5) is 5.69 Å². The van der Waals surface area contributed by atoms with Gasteiger partial charge in [-0.3, -0.25) is 9.59 Å². The van der Waals surface area contributed by atoms with Gasteiger partial charge in [-0.1, -0.05) is 26.0 Å². The maximum Gasteiger partial charge on any atom is 0.242 e. The second kappa shape index (κ2) is 8.36. The molecule has 1 aromatic carbocycles. The van der Waals surface area contributed by atoms with E-state index in [4.69, 9.17) is 4.74 Å². The number of para-hydroxylation sites is 1. The maximum absolute atomic E-state index is 12.7. The number of thioether (sulfide) groups is 1. The summed E-state index contributed by atoms with van der Waals surface area (Å²) in [6.45, 7) is 5.95. The third-order valence-corrected chi connectivity index (χ3v) is 4.65. The van der Waals surface area contributed by atoms with Crippen molar-refractivity contribution in [1.29, 1.82) is 0 Å². The molecule has 0 spiro atoms. The van der Waals surface area contributed by atoms with Crippen LogP contribution < -0.4 is 4.90 Å². The molecule has 0 aliphatic carbocycles. The summed E-state index contributed by atoms with van der Waals surface area (Å²) >= 11 is 1.52. The number of hydrogen-bond donors (Lipinski definition) is 0. The summed E-state index contributed by atoms with van der Waals surface area (Å²) in [6, 6.07) is 7.73. The van der Waals surface area contributed by atoms with Gasteiger partial charge in [-0.2, -0.15) is 0 Å². The summed E-state index contributed by atoms with van der Waals surface area (Å²) in [6.07, 6.45) is 0.